The standard InChI is InChI=1S/C13H17N5O2/c1-3-6-14-11-5-4-10(7-15-11)13(19)16-8-12-17-9(2)20-18-12/h4-5,7H,3,6,8H2,1-2H3,(H,14,15)(H,16,19). The van der Waals surface area contributed by atoms with Crippen molar-refractivity contribution >= 4 is 11.7 Å². The lowest BCUT2D eigenvalue weighted by molar-refractivity contribution is 0.0949. The summed E-state index contributed by atoms with van der Waals surface area (Å²) in [7, 11) is 0. The highest BCUT2D eigenvalue weighted by atomic mass is 16.5. The fraction of sp³-hybridized carbons (Fsp3) is 0.385. The molecule has 2 rings (SSSR count). The summed E-state index contributed by atoms with van der Waals surface area (Å²) in [6.45, 7) is 4.86. The number of hydrogen-bond donors (Lipinski definition) is 2. The predicted octanol–water partition coefficient (Wildman–Crippen LogP) is 1.52. The Balaban J connectivity index is 1.88. The van der Waals surface area contributed by atoms with E-state index in [0.29, 0.717) is 17.3 Å². The number of carbonyl (C=O) groups excluding carboxylic acids is 1. The first-order chi connectivity index (χ1) is 9.69. The molecule has 0 saturated heterocycles. The number of rotatable bonds is 6. The molecule has 0 spiro atoms. The van der Waals surface area contributed by atoms with E-state index in [1.54, 1.807) is 19.1 Å². The fourth-order valence-electron chi connectivity index (χ4n) is 1.56. The van der Waals surface area contributed by atoms with Gasteiger partial charge < -0.3 is 15.2 Å². The molecule has 7 heteroatoms. The fourth-order valence-corrected chi connectivity index (χ4v) is 1.56. The summed E-state index contributed by atoms with van der Waals surface area (Å²) in [5.41, 5.74) is 0.493. The third kappa shape index (κ3) is 3.78. The van der Waals surface area contributed by atoms with Crippen molar-refractivity contribution in [1.82, 2.24) is 20.4 Å². The lowest BCUT2D eigenvalue weighted by Crippen LogP contribution is -2.23. The quantitative estimate of drug-likeness (QED) is 0.830. The van der Waals surface area contributed by atoms with E-state index >= 15 is 0 Å². The van der Waals surface area contributed by atoms with E-state index < -0.39 is 0 Å². The van der Waals surface area contributed by atoms with Gasteiger partial charge >= 0.3 is 0 Å². The Labute approximate surface area is 116 Å². The van der Waals surface area contributed by atoms with Crippen molar-refractivity contribution in [3.8, 4) is 0 Å². The monoisotopic (exact) mass is 275 g/mol. The van der Waals surface area contributed by atoms with Crippen molar-refractivity contribution in [2.24, 2.45) is 0 Å². The van der Waals surface area contributed by atoms with E-state index in [1.165, 1.54) is 6.20 Å². The van der Waals surface area contributed by atoms with Gasteiger partial charge in [-0.05, 0) is 18.6 Å². The zero-order chi connectivity index (χ0) is 14.4. The number of amides is 1. The molecule has 106 valence electrons. The lowest BCUT2D eigenvalue weighted by atomic mass is 10.2. The molecule has 2 aromatic rings. The summed E-state index contributed by atoms with van der Waals surface area (Å²) in [5.74, 6) is 1.46. The van der Waals surface area contributed by atoms with Gasteiger partial charge in [0.15, 0.2) is 5.82 Å². The maximum absolute atomic E-state index is 11.9. The molecule has 0 unspecified atom stereocenters. The second kappa shape index (κ2) is 6.65. The van der Waals surface area contributed by atoms with Crippen molar-refractivity contribution in [3.05, 3.63) is 35.6 Å². The van der Waals surface area contributed by atoms with Gasteiger partial charge in [-0.3, -0.25) is 4.79 Å². The van der Waals surface area contributed by atoms with Crippen LogP contribution in [-0.4, -0.2) is 27.6 Å². The van der Waals surface area contributed by atoms with E-state index in [4.69, 9.17) is 4.52 Å². The molecule has 7 nitrogen and oxygen atoms in total. The first kappa shape index (κ1) is 14.0. The molecule has 2 aromatic heterocycles. The van der Waals surface area contributed by atoms with Gasteiger partial charge in [0.05, 0.1) is 12.1 Å². The molecule has 0 saturated carbocycles. The van der Waals surface area contributed by atoms with Gasteiger partial charge in [-0.1, -0.05) is 12.1 Å². The first-order valence-electron chi connectivity index (χ1n) is 6.46. The van der Waals surface area contributed by atoms with Gasteiger partial charge in [-0.15, -0.1) is 0 Å². The molecular weight excluding hydrogens is 258 g/mol. The van der Waals surface area contributed by atoms with Crippen LogP contribution in [-0.2, 0) is 6.54 Å². The van der Waals surface area contributed by atoms with Crippen LogP contribution in [0.25, 0.3) is 0 Å². The van der Waals surface area contributed by atoms with Crippen molar-refractivity contribution < 1.29 is 9.32 Å². The molecule has 0 aliphatic carbocycles. The molecule has 2 heterocycles. The molecule has 0 aliphatic heterocycles. The number of carbonyl (C=O) groups is 1. The molecule has 0 atom stereocenters. The zero-order valence-corrected chi connectivity index (χ0v) is 11.5. The minimum absolute atomic E-state index is 0.220. The highest BCUT2D eigenvalue weighted by Gasteiger charge is 2.08. The van der Waals surface area contributed by atoms with Gasteiger partial charge in [0.25, 0.3) is 5.91 Å². The van der Waals surface area contributed by atoms with Crippen LogP contribution >= 0.6 is 0 Å². The second-order valence-corrected chi connectivity index (χ2v) is 4.27. The van der Waals surface area contributed by atoms with Gasteiger partial charge in [0.2, 0.25) is 5.89 Å². The molecule has 1 amide bonds. The lowest BCUT2D eigenvalue weighted by Gasteiger charge is -2.05. The number of aryl methyl sites for hydroxylation is 1. The van der Waals surface area contributed by atoms with Crippen LogP contribution in [0.1, 0.15) is 35.4 Å². The summed E-state index contributed by atoms with van der Waals surface area (Å²) in [4.78, 5) is 20.1. The average molecular weight is 275 g/mol. The minimum Gasteiger partial charge on any atom is -0.370 e. The van der Waals surface area contributed by atoms with Crippen LogP contribution in [0.15, 0.2) is 22.9 Å². The number of nitrogens with zero attached hydrogens (tertiary/aromatic N) is 3. The Morgan fingerprint density at radius 1 is 1.40 bits per heavy atom. The Bertz CT molecular complexity index is 564. The Hall–Kier alpha value is -2.44. The Morgan fingerprint density at radius 2 is 2.25 bits per heavy atom. The smallest absolute Gasteiger partial charge is 0.253 e. The van der Waals surface area contributed by atoms with Gasteiger partial charge in [-0.25, -0.2) is 4.98 Å². The normalized spacial score (nSPS) is 10.3. The number of anilines is 1. The molecule has 2 N–H and O–H groups in total. The van der Waals surface area contributed by atoms with Gasteiger partial charge in [-0.2, -0.15) is 4.98 Å². The van der Waals surface area contributed by atoms with Crippen molar-refractivity contribution in [3.63, 3.8) is 0 Å². The summed E-state index contributed by atoms with van der Waals surface area (Å²) in [6.07, 6.45) is 2.56. The van der Waals surface area contributed by atoms with E-state index in [9.17, 15) is 4.79 Å². The van der Waals surface area contributed by atoms with E-state index in [-0.39, 0.29) is 12.5 Å². The number of aromatic nitrogens is 3. The largest absolute Gasteiger partial charge is 0.370 e. The van der Waals surface area contributed by atoms with Crippen molar-refractivity contribution in [1.29, 1.82) is 0 Å². The topological polar surface area (TPSA) is 92.9 Å². The number of hydrogen-bond acceptors (Lipinski definition) is 6. The summed E-state index contributed by atoms with van der Waals surface area (Å²) in [5, 5.41) is 9.56. The Kier molecular flexibility index (Phi) is 4.65. The van der Waals surface area contributed by atoms with Crippen molar-refractivity contribution in [2.75, 3.05) is 11.9 Å². The van der Waals surface area contributed by atoms with Crippen LogP contribution in [0, 0.1) is 6.92 Å². The van der Waals surface area contributed by atoms with Gasteiger partial charge in [0.1, 0.15) is 5.82 Å². The van der Waals surface area contributed by atoms with Crippen LogP contribution in [0.2, 0.25) is 0 Å². The maximum Gasteiger partial charge on any atom is 0.253 e. The average Bonchev–Trinajstić information content (AvgIpc) is 2.89. The number of pyridine rings is 1. The summed E-state index contributed by atoms with van der Waals surface area (Å²) in [6, 6.07) is 3.50. The third-order valence-electron chi connectivity index (χ3n) is 2.56. The third-order valence-corrected chi connectivity index (χ3v) is 2.56. The second-order valence-electron chi connectivity index (χ2n) is 4.27. The molecule has 0 aliphatic rings. The van der Waals surface area contributed by atoms with Crippen LogP contribution < -0.4 is 10.6 Å². The summed E-state index contributed by atoms with van der Waals surface area (Å²) >= 11 is 0. The van der Waals surface area contributed by atoms with Crippen LogP contribution in [0.5, 0.6) is 0 Å². The van der Waals surface area contributed by atoms with E-state index in [0.717, 1.165) is 18.8 Å². The first-order valence-corrected chi connectivity index (χ1v) is 6.46. The minimum atomic E-state index is -0.220. The van der Waals surface area contributed by atoms with E-state index in [2.05, 4.69) is 32.7 Å². The predicted molar refractivity (Wildman–Crippen MR) is 73.2 cm³/mol. The van der Waals surface area contributed by atoms with Crippen molar-refractivity contribution in [2.45, 2.75) is 26.8 Å². The van der Waals surface area contributed by atoms with E-state index in [1.807, 2.05) is 0 Å². The number of nitrogens with one attached hydrogen (secondary N) is 2. The molecule has 0 radical (unpaired) electrons. The Morgan fingerprint density at radius 3 is 2.85 bits per heavy atom. The molecule has 0 aromatic carbocycles. The maximum atomic E-state index is 11.9. The molecule has 0 fully saturated rings. The van der Waals surface area contributed by atoms with Crippen LogP contribution in [0.4, 0.5) is 5.82 Å². The highest BCUT2D eigenvalue weighted by Crippen LogP contribution is 2.05. The molecule has 0 bridgehead atoms. The van der Waals surface area contributed by atoms with Crippen LogP contribution in [0.3, 0.4) is 0 Å². The molecule has 20 heavy (non-hydrogen) atoms. The molecular formula is C13H17N5O2. The van der Waals surface area contributed by atoms with Gasteiger partial charge in [0, 0.05) is 19.7 Å². The zero-order valence-electron chi connectivity index (χ0n) is 11.5. The summed E-state index contributed by atoms with van der Waals surface area (Å²) < 4.78 is 4.82. The highest BCUT2D eigenvalue weighted by molar-refractivity contribution is 5.93. The SMILES string of the molecule is CCCNc1ccc(C(=O)NCc2noc(C)n2)cn1.